The third-order valence-corrected chi connectivity index (χ3v) is 2.42. The Labute approximate surface area is 118 Å². The normalized spacial score (nSPS) is 11.1. The summed E-state index contributed by atoms with van der Waals surface area (Å²) in [5.74, 6) is -1.92. The van der Waals surface area contributed by atoms with Crippen LogP contribution in [0.1, 0.15) is 10.4 Å². The average Bonchev–Trinajstić information content (AvgIpc) is 2.35. The van der Waals surface area contributed by atoms with Crippen molar-refractivity contribution in [3.63, 3.8) is 0 Å². The molecule has 6 nitrogen and oxygen atoms in total. The van der Waals surface area contributed by atoms with Gasteiger partial charge in [-0.2, -0.15) is 13.2 Å². The van der Waals surface area contributed by atoms with Crippen molar-refractivity contribution >= 4 is 17.7 Å². The molecule has 0 fully saturated rings. The number of pyridine rings is 1. The van der Waals surface area contributed by atoms with Crippen LogP contribution in [0.5, 0.6) is 0 Å². The van der Waals surface area contributed by atoms with E-state index in [0.717, 1.165) is 6.20 Å². The first-order chi connectivity index (χ1) is 9.60. The molecular formula is C12H14F3N3O3. The van der Waals surface area contributed by atoms with Gasteiger partial charge in [0.05, 0.1) is 5.56 Å². The summed E-state index contributed by atoms with van der Waals surface area (Å²) in [6.45, 7) is -2.28. The molecule has 0 atom stereocenters. The van der Waals surface area contributed by atoms with E-state index in [4.69, 9.17) is 5.11 Å². The summed E-state index contributed by atoms with van der Waals surface area (Å²) in [7, 11) is 3.05. The van der Waals surface area contributed by atoms with Gasteiger partial charge in [-0.05, 0) is 12.1 Å². The van der Waals surface area contributed by atoms with Crippen molar-refractivity contribution in [3.05, 3.63) is 23.9 Å². The maximum absolute atomic E-state index is 12.4. The average molecular weight is 305 g/mol. The Morgan fingerprint density at radius 3 is 2.29 bits per heavy atom. The molecule has 0 aliphatic rings. The second kappa shape index (κ2) is 6.42. The Balaban J connectivity index is 2.98. The number of anilines is 1. The van der Waals surface area contributed by atoms with Crippen molar-refractivity contribution in [1.29, 1.82) is 0 Å². The van der Waals surface area contributed by atoms with Gasteiger partial charge < -0.3 is 14.9 Å². The fraction of sp³-hybridized carbons (Fsp3) is 0.417. The number of halogens is 3. The lowest BCUT2D eigenvalue weighted by molar-refractivity contribution is -0.136. The molecule has 1 heterocycles. The number of amides is 1. The largest absolute Gasteiger partial charge is 0.480 e. The molecule has 9 heteroatoms. The Morgan fingerprint density at radius 2 is 1.90 bits per heavy atom. The Bertz CT molecular complexity index is 515. The lowest BCUT2D eigenvalue weighted by Gasteiger charge is -2.23. The summed E-state index contributed by atoms with van der Waals surface area (Å²) in [4.78, 5) is 27.9. The fourth-order valence-corrected chi connectivity index (χ4v) is 1.56. The van der Waals surface area contributed by atoms with Gasteiger partial charge in [0, 0.05) is 20.3 Å². The van der Waals surface area contributed by atoms with E-state index in [-0.39, 0.29) is 17.3 Å². The summed E-state index contributed by atoms with van der Waals surface area (Å²) >= 11 is 0. The van der Waals surface area contributed by atoms with Crippen LogP contribution < -0.4 is 4.90 Å². The minimum Gasteiger partial charge on any atom is -0.480 e. The number of carbonyl (C=O) groups excluding carboxylic acids is 1. The number of carboxylic acid groups (broad SMARTS) is 1. The number of aromatic nitrogens is 1. The van der Waals surface area contributed by atoms with Crippen LogP contribution in [-0.2, 0) is 4.79 Å². The van der Waals surface area contributed by atoms with Gasteiger partial charge in [0.1, 0.15) is 18.9 Å². The molecular weight excluding hydrogens is 291 g/mol. The second-order valence-corrected chi connectivity index (χ2v) is 4.47. The second-order valence-electron chi connectivity index (χ2n) is 4.47. The molecule has 0 spiro atoms. The number of carbonyl (C=O) groups is 2. The summed E-state index contributed by atoms with van der Waals surface area (Å²) in [6, 6.07) is 2.49. The van der Waals surface area contributed by atoms with Crippen LogP contribution in [0.15, 0.2) is 18.3 Å². The van der Waals surface area contributed by atoms with Gasteiger partial charge in [-0.15, -0.1) is 0 Å². The number of nitrogens with zero attached hydrogens (tertiary/aromatic N) is 3. The quantitative estimate of drug-likeness (QED) is 0.886. The molecule has 1 rings (SSSR count). The highest BCUT2D eigenvalue weighted by Crippen LogP contribution is 2.20. The van der Waals surface area contributed by atoms with Crippen LogP contribution in [0.4, 0.5) is 19.0 Å². The molecule has 0 aliphatic heterocycles. The molecule has 0 unspecified atom stereocenters. The van der Waals surface area contributed by atoms with Gasteiger partial charge in [-0.25, -0.2) is 4.98 Å². The van der Waals surface area contributed by atoms with E-state index in [1.54, 1.807) is 0 Å². The predicted molar refractivity (Wildman–Crippen MR) is 68.2 cm³/mol. The Hall–Kier alpha value is -2.32. The molecule has 0 bridgehead atoms. The van der Waals surface area contributed by atoms with Crippen molar-refractivity contribution in [2.75, 3.05) is 32.1 Å². The smallest absolute Gasteiger partial charge is 0.405 e. The molecule has 21 heavy (non-hydrogen) atoms. The highest BCUT2D eigenvalue weighted by atomic mass is 19.4. The van der Waals surface area contributed by atoms with E-state index < -0.39 is 25.2 Å². The first kappa shape index (κ1) is 16.7. The number of hydrogen-bond donors (Lipinski definition) is 1. The van der Waals surface area contributed by atoms with Gasteiger partial charge in [0.25, 0.3) is 5.91 Å². The summed E-state index contributed by atoms with van der Waals surface area (Å²) < 4.78 is 37.3. The molecule has 116 valence electrons. The predicted octanol–water partition coefficient (Wildman–Crippen LogP) is 1.24. The lowest BCUT2D eigenvalue weighted by Crippen LogP contribution is -2.38. The van der Waals surface area contributed by atoms with Gasteiger partial charge in [-0.3, -0.25) is 9.59 Å². The van der Waals surface area contributed by atoms with E-state index in [2.05, 4.69) is 4.98 Å². The maximum Gasteiger partial charge on any atom is 0.405 e. The van der Waals surface area contributed by atoms with Gasteiger partial charge in [-0.1, -0.05) is 0 Å². The maximum atomic E-state index is 12.4. The Morgan fingerprint density at radius 1 is 1.29 bits per heavy atom. The van der Waals surface area contributed by atoms with Crippen LogP contribution in [0, 0.1) is 0 Å². The first-order valence-corrected chi connectivity index (χ1v) is 5.81. The minimum atomic E-state index is -4.56. The van der Waals surface area contributed by atoms with Crippen molar-refractivity contribution in [3.8, 4) is 0 Å². The highest BCUT2D eigenvalue weighted by Gasteiger charge is 2.32. The molecule has 0 saturated carbocycles. The summed E-state index contributed by atoms with van der Waals surface area (Å²) in [5.41, 5.74) is 0.200. The fourth-order valence-electron chi connectivity index (χ4n) is 1.56. The number of hydrogen-bond acceptors (Lipinski definition) is 4. The zero-order valence-electron chi connectivity index (χ0n) is 11.4. The van der Waals surface area contributed by atoms with E-state index in [9.17, 15) is 22.8 Å². The zero-order valence-corrected chi connectivity index (χ0v) is 11.4. The third kappa shape index (κ3) is 5.28. The molecule has 1 aromatic heterocycles. The monoisotopic (exact) mass is 305 g/mol. The van der Waals surface area contributed by atoms with Crippen molar-refractivity contribution in [1.82, 2.24) is 9.88 Å². The van der Waals surface area contributed by atoms with Gasteiger partial charge in [0.15, 0.2) is 0 Å². The molecule has 1 aromatic rings. The minimum absolute atomic E-state index is 0.162. The van der Waals surface area contributed by atoms with Crippen molar-refractivity contribution in [2.24, 2.45) is 0 Å². The van der Waals surface area contributed by atoms with Gasteiger partial charge >= 0.3 is 12.1 Å². The molecule has 1 N–H and O–H groups in total. The molecule has 0 saturated heterocycles. The molecule has 0 aromatic carbocycles. The molecule has 0 aliphatic carbocycles. The summed E-state index contributed by atoms with van der Waals surface area (Å²) in [5, 5.41) is 8.66. The third-order valence-electron chi connectivity index (χ3n) is 2.42. The highest BCUT2D eigenvalue weighted by molar-refractivity contribution is 5.93. The number of aliphatic carboxylic acids is 1. The van der Waals surface area contributed by atoms with E-state index in [1.165, 1.54) is 31.1 Å². The van der Waals surface area contributed by atoms with Crippen LogP contribution >= 0.6 is 0 Å². The van der Waals surface area contributed by atoms with Crippen LogP contribution in [0.2, 0.25) is 0 Å². The lowest BCUT2D eigenvalue weighted by atomic mass is 10.2. The van der Waals surface area contributed by atoms with Crippen molar-refractivity contribution < 1.29 is 27.9 Å². The SMILES string of the molecule is CN(C)C(=O)c1ccc(N(CC(=O)O)CC(F)(F)F)nc1. The summed E-state index contributed by atoms with van der Waals surface area (Å²) in [6.07, 6.45) is -3.45. The number of carboxylic acids is 1. The number of rotatable bonds is 5. The van der Waals surface area contributed by atoms with Crippen molar-refractivity contribution in [2.45, 2.75) is 6.18 Å². The van der Waals surface area contributed by atoms with Gasteiger partial charge in [0.2, 0.25) is 0 Å². The van der Waals surface area contributed by atoms with E-state index in [1.807, 2.05) is 0 Å². The number of alkyl halides is 3. The van der Waals surface area contributed by atoms with Crippen LogP contribution in [-0.4, -0.2) is 60.2 Å². The standard InChI is InChI=1S/C12H14F3N3O3/c1-17(2)11(21)8-3-4-9(16-5-8)18(6-10(19)20)7-12(13,14)15/h3-5H,6-7H2,1-2H3,(H,19,20). The molecule has 0 radical (unpaired) electrons. The Kier molecular flexibility index (Phi) is 5.12. The first-order valence-electron chi connectivity index (χ1n) is 5.81. The van der Waals surface area contributed by atoms with E-state index in [0.29, 0.717) is 4.90 Å². The molecule has 1 amide bonds. The van der Waals surface area contributed by atoms with E-state index >= 15 is 0 Å². The van der Waals surface area contributed by atoms with Crippen LogP contribution in [0.3, 0.4) is 0 Å². The zero-order chi connectivity index (χ0) is 16.2. The van der Waals surface area contributed by atoms with Crippen LogP contribution in [0.25, 0.3) is 0 Å². The topological polar surface area (TPSA) is 73.7 Å².